The molecule has 0 radical (unpaired) electrons. The summed E-state index contributed by atoms with van der Waals surface area (Å²) in [5, 5.41) is 18.3. The van der Waals surface area contributed by atoms with Gasteiger partial charge < -0.3 is 20.6 Å². The second-order valence-electron chi connectivity index (χ2n) is 10.5. The van der Waals surface area contributed by atoms with Crippen LogP contribution >= 0.6 is 23.2 Å². The molecule has 218 valence electrons. The summed E-state index contributed by atoms with van der Waals surface area (Å²) in [5.41, 5.74) is 2.13. The fraction of sp³-hybridized carbons (Fsp3) is 0.387. The molecule has 0 saturated carbocycles. The van der Waals surface area contributed by atoms with Crippen LogP contribution in [0.1, 0.15) is 65.2 Å². The Bertz CT molecular complexity index is 1350. The highest BCUT2D eigenvalue weighted by Crippen LogP contribution is 2.37. The molecule has 3 N–H and O–H groups in total. The van der Waals surface area contributed by atoms with Crippen LogP contribution in [0.4, 0.5) is 5.69 Å². The van der Waals surface area contributed by atoms with Crippen molar-refractivity contribution in [3.05, 3.63) is 93.2 Å². The molecule has 1 saturated heterocycles. The Morgan fingerprint density at radius 1 is 1.00 bits per heavy atom. The lowest BCUT2D eigenvalue weighted by Gasteiger charge is -2.45. The van der Waals surface area contributed by atoms with E-state index in [4.69, 9.17) is 23.2 Å². The predicted octanol–water partition coefficient (Wildman–Crippen LogP) is 5.05. The minimum atomic E-state index is -1.24. The van der Waals surface area contributed by atoms with Crippen LogP contribution in [-0.2, 0) is 5.60 Å². The summed E-state index contributed by atoms with van der Waals surface area (Å²) < 4.78 is 0. The van der Waals surface area contributed by atoms with Crippen LogP contribution in [0, 0.1) is 0 Å². The third-order valence-electron chi connectivity index (χ3n) is 7.22. The Morgan fingerprint density at radius 3 is 2.34 bits per heavy atom. The number of anilines is 1. The van der Waals surface area contributed by atoms with Crippen molar-refractivity contribution in [3.63, 3.8) is 0 Å². The van der Waals surface area contributed by atoms with Crippen LogP contribution in [0.5, 0.6) is 0 Å². The summed E-state index contributed by atoms with van der Waals surface area (Å²) in [5.74, 6) is -0.337. The SMILES string of the molecule is CCCNC(=O)c1ccc([C@](C)(O)CN2CCN(c3ccc(C(=O)NCC)cc3Cl)[C@H](c3ccc(Cl)cc3)C2)nc1. The first kappa shape index (κ1) is 30.8. The van der Waals surface area contributed by atoms with Gasteiger partial charge >= 0.3 is 0 Å². The molecule has 0 aliphatic carbocycles. The average Bonchev–Trinajstić information content (AvgIpc) is 2.96. The van der Waals surface area contributed by atoms with E-state index in [0.29, 0.717) is 66.1 Å². The van der Waals surface area contributed by atoms with Crippen molar-refractivity contribution in [1.82, 2.24) is 20.5 Å². The monoisotopic (exact) mass is 597 g/mol. The topological polar surface area (TPSA) is 97.8 Å². The highest BCUT2D eigenvalue weighted by atomic mass is 35.5. The van der Waals surface area contributed by atoms with Gasteiger partial charge in [-0.15, -0.1) is 0 Å². The van der Waals surface area contributed by atoms with E-state index in [9.17, 15) is 14.7 Å². The number of aromatic nitrogens is 1. The van der Waals surface area contributed by atoms with E-state index in [2.05, 4.69) is 25.4 Å². The normalized spacial score (nSPS) is 17.1. The summed E-state index contributed by atoms with van der Waals surface area (Å²) >= 11 is 12.9. The minimum Gasteiger partial charge on any atom is -0.382 e. The second kappa shape index (κ2) is 13.7. The van der Waals surface area contributed by atoms with Gasteiger partial charge in [-0.25, -0.2) is 0 Å². The zero-order chi connectivity index (χ0) is 29.6. The number of amides is 2. The van der Waals surface area contributed by atoms with E-state index >= 15 is 0 Å². The fourth-order valence-electron chi connectivity index (χ4n) is 5.09. The van der Waals surface area contributed by atoms with Gasteiger partial charge in [0.05, 0.1) is 28.0 Å². The highest BCUT2D eigenvalue weighted by molar-refractivity contribution is 6.33. The van der Waals surface area contributed by atoms with Gasteiger partial charge in [-0.05, 0) is 68.3 Å². The molecule has 0 unspecified atom stereocenters. The van der Waals surface area contributed by atoms with E-state index in [0.717, 1.165) is 17.7 Å². The minimum absolute atomic E-state index is 0.0813. The number of carbonyl (C=O) groups is 2. The van der Waals surface area contributed by atoms with E-state index in [-0.39, 0.29) is 17.9 Å². The van der Waals surface area contributed by atoms with Gasteiger partial charge in [-0.2, -0.15) is 0 Å². The maximum absolute atomic E-state index is 12.3. The number of piperazine rings is 1. The van der Waals surface area contributed by atoms with Gasteiger partial charge in [0.1, 0.15) is 5.60 Å². The lowest BCUT2D eigenvalue weighted by Crippen LogP contribution is -2.52. The van der Waals surface area contributed by atoms with Gasteiger partial charge in [0.15, 0.2) is 0 Å². The first-order valence-electron chi connectivity index (χ1n) is 13.9. The standard InChI is InChI=1S/C31H37Cl2N5O3/c1-4-14-35-30(40)23-9-13-28(36-18-23)31(3,41)20-37-15-16-38(27(19-37)21-6-10-24(32)11-7-21)26-12-8-22(17-25(26)33)29(39)34-5-2/h6-13,17-18,27,41H,4-5,14-16,19-20H2,1-3H3,(H,34,39)(H,35,40)/t27-,31+/m0/s1. The second-order valence-corrected chi connectivity index (χ2v) is 11.3. The fourth-order valence-corrected chi connectivity index (χ4v) is 5.50. The third-order valence-corrected chi connectivity index (χ3v) is 7.78. The maximum atomic E-state index is 12.3. The molecular weight excluding hydrogens is 561 g/mol. The van der Waals surface area contributed by atoms with E-state index in [1.165, 1.54) is 6.20 Å². The number of carbonyl (C=O) groups excluding carboxylic acids is 2. The summed E-state index contributed by atoms with van der Waals surface area (Å²) in [6.45, 7) is 9.03. The number of pyridine rings is 1. The van der Waals surface area contributed by atoms with Gasteiger partial charge in [-0.3, -0.25) is 19.5 Å². The molecule has 0 bridgehead atoms. The van der Waals surface area contributed by atoms with Crippen LogP contribution in [-0.4, -0.2) is 66.1 Å². The molecule has 1 aliphatic rings. The van der Waals surface area contributed by atoms with Crippen molar-refractivity contribution in [1.29, 1.82) is 0 Å². The first-order chi connectivity index (χ1) is 19.6. The molecule has 3 aromatic rings. The molecule has 2 heterocycles. The number of halogens is 2. The van der Waals surface area contributed by atoms with Crippen molar-refractivity contribution >= 4 is 40.7 Å². The Kier molecular flexibility index (Phi) is 10.3. The van der Waals surface area contributed by atoms with Crippen LogP contribution in [0.15, 0.2) is 60.8 Å². The Labute approximate surface area is 251 Å². The maximum Gasteiger partial charge on any atom is 0.252 e. The molecule has 10 heteroatoms. The molecule has 1 fully saturated rings. The van der Waals surface area contributed by atoms with E-state index < -0.39 is 5.60 Å². The van der Waals surface area contributed by atoms with Gasteiger partial charge in [0.2, 0.25) is 0 Å². The van der Waals surface area contributed by atoms with Crippen molar-refractivity contribution < 1.29 is 14.7 Å². The number of β-amino-alcohol motifs (C(OH)–C–C–N with tert-alkyl or cyclic N) is 1. The van der Waals surface area contributed by atoms with E-state index in [1.54, 1.807) is 31.2 Å². The number of benzene rings is 2. The Balaban J connectivity index is 1.54. The Hall–Kier alpha value is -3.17. The van der Waals surface area contributed by atoms with Crippen LogP contribution in [0.3, 0.4) is 0 Å². The molecule has 1 aliphatic heterocycles. The first-order valence-corrected chi connectivity index (χ1v) is 14.7. The van der Waals surface area contributed by atoms with Crippen molar-refractivity contribution in [2.45, 2.75) is 38.8 Å². The van der Waals surface area contributed by atoms with E-state index in [1.807, 2.05) is 44.2 Å². The molecule has 2 atom stereocenters. The van der Waals surface area contributed by atoms with Gasteiger partial charge in [-0.1, -0.05) is 42.3 Å². The molecule has 2 amide bonds. The largest absolute Gasteiger partial charge is 0.382 e. The zero-order valence-electron chi connectivity index (χ0n) is 23.7. The molecular formula is C31H37Cl2N5O3. The molecule has 41 heavy (non-hydrogen) atoms. The quantitative estimate of drug-likeness (QED) is 0.302. The molecule has 8 nitrogen and oxygen atoms in total. The number of hydrogen-bond donors (Lipinski definition) is 3. The highest BCUT2D eigenvalue weighted by Gasteiger charge is 2.35. The summed E-state index contributed by atoms with van der Waals surface area (Å²) in [6.07, 6.45) is 2.36. The molecule has 0 spiro atoms. The third kappa shape index (κ3) is 7.57. The predicted molar refractivity (Wildman–Crippen MR) is 164 cm³/mol. The average molecular weight is 599 g/mol. The lowest BCUT2D eigenvalue weighted by molar-refractivity contribution is 0.00674. The Morgan fingerprint density at radius 2 is 1.71 bits per heavy atom. The summed E-state index contributed by atoms with van der Waals surface area (Å²) in [7, 11) is 0. The summed E-state index contributed by atoms with van der Waals surface area (Å²) in [6, 6.07) is 16.5. The van der Waals surface area contributed by atoms with Crippen molar-refractivity contribution in [3.8, 4) is 0 Å². The number of rotatable bonds is 10. The number of nitrogens with zero attached hydrogens (tertiary/aromatic N) is 3. The summed E-state index contributed by atoms with van der Waals surface area (Å²) in [4.78, 5) is 33.5. The van der Waals surface area contributed by atoms with Crippen molar-refractivity contribution in [2.75, 3.05) is 44.2 Å². The zero-order valence-corrected chi connectivity index (χ0v) is 25.2. The smallest absolute Gasteiger partial charge is 0.252 e. The van der Waals surface area contributed by atoms with Crippen LogP contribution < -0.4 is 15.5 Å². The van der Waals surface area contributed by atoms with Gasteiger partial charge in [0.25, 0.3) is 11.8 Å². The van der Waals surface area contributed by atoms with Crippen molar-refractivity contribution in [2.24, 2.45) is 0 Å². The molecule has 2 aromatic carbocycles. The van der Waals surface area contributed by atoms with Gasteiger partial charge in [0, 0.05) is 56.1 Å². The molecule has 1 aromatic heterocycles. The number of nitrogens with one attached hydrogen (secondary N) is 2. The van der Waals surface area contributed by atoms with Crippen LogP contribution in [0.25, 0.3) is 0 Å². The lowest BCUT2D eigenvalue weighted by atomic mass is 9.97. The molecule has 4 rings (SSSR count). The number of hydrogen-bond acceptors (Lipinski definition) is 6. The number of aliphatic hydroxyl groups is 1. The van der Waals surface area contributed by atoms with Crippen LogP contribution in [0.2, 0.25) is 10.0 Å².